The molecule has 0 unspecified atom stereocenters. The molecule has 1 aromatic carbocycles. The molecule has 1 aromatic heterocycles. The van der Waals surface area contributed by atoms with E-state index in [1.165, 1.54) is 23.9 Å². The second-order valence-corrected chi connectivity index (χ2v) is 5.54. The van der Waals surface area contributed by atoms with Gasteiger partial charge in [-0.3, -0.25) is 0 Å². The van der Waals surface area contributed by atoms with Gasteiger partial charge in [-0.2, -0.15) is 0 Å². The first-order valence-electron chi connectivity index (χ1n) is 5.57. The molecule has 0 fully saturated rings. The standard InChI is InChI=1S/C12H11FN2O2S2/c1-2-17-11(16)10-12(19-15-14-10)18-7-8-3-5-9(13)6-4-8/h3-6H,2,7H2,1H3. The molecule has 2 aromatic rings. The Kier molecular flexibility index (Phi) is 4.86. The third kappa shape index (κ3) is 3.74. The van der Waals surface area contributed by atoms with Crippen molar-refractivity contribution in [3.8, 4) is 0 Å². The number of thioether (sulfide) groups is 1. The van der Waals surface area contributed by atoms with E-state index < -0.39 is 5.97 Å². The molecule has 0 bridgehead atoms. The third-order valence-electron chi connectivity index (χ3n) is 2.21. The zero-order valence-corrected chi connectivity index (χ0v) is 11.8. The summed E-state index contributed by atoms with van der Waals surface area (Å²) in [5.74, 6) is -0.102. The Bertz CT molecular complexity index is 557. The highest BCUT2D eigenvalue weighted by Crippen LogP contribution is 2.28. The molecule has 0 aliphatic carbocycles. The normalized spacial score (nSPS) is 10.4. The number of carbonyl (C=O) groups excluding carboxylic acids is 1. The summed E-state index contributed by atoms with van der Waals surface area (Å²) in [4.78, 5) is 11.6. The monoisotopic (exact) mass is 298 g/mol. The van der Waals surface area contributed by atoms with Gasteiger partial charge in [-0.25, -0.2) is 9.18 Å². The first kappa shape index (κ1) is 14.0. The van der Waals surface area contributed by atoms with Crippen molar-refractivity contribution in [2.45, 2.75) is 16.9 Å². The average Bonchev–Trinajstić information content (AvgIpc) is 2.87. The van der Waals surface area contributed by atoms with Gasteiger partial charge in [0.2, 0.25) is 0 Å². The topological polar surface area (TPSA) is 52.1 Å². The molecule has 2 rings (SSSR count). The second kappa shape index (κ2) is 6.63. The molecule has 1 heterocycles. The van der Waals surface area contributed by atoms with E-state index in [4.69, 9.17) is 4.74 Å². The Hall–Kier alpha value is -1.47. The van der Waals surface area contributed by atoms with Crippen molar-refractivity contribution in [1.82, 2.24) is 9.59 Å². The summed E-state index contributed by atoms with van der Waals surface area (Å²) in [5.41, 5.74) is 1.22. The maximum absolute atomic E-state index is 12.8. The second-order valence-electron chi connectivity index (χ2n) is 3.54. The molecule has 100 valence electrons. The van der Waals surface area contributed by atoms with Crippen LogP contribution in [0.15, 0.2) is 28.5 Å². The SMILES string of the molecule is CCOC(=O)c1nnsc1SCc1ccc(F)cc1. The van der Waals surface area contributed by atoms with Crippen LogP contribution in [0.3, 0.4) is 0 Å². The molecule has 0 atom stereocenters. The summed E-state index contributed by atoms with van der Waals surface area (Å²) in [6.07, 6.45) is 0. The van der Waals surface area contributed by atoms with Gasteiger partial charge in [0.1, 0.15) is 10.0 Å². The zero-order chi connectivity index (χ0) is 13.7. The van der Waals surface area contributed by atoms with Gasteiger partial charge in [-0.15, -0.1) is 16.9 Å². The number of ether oxygens (including phenoxy) is 1. The maximum atomic E-state index is 12.8. The van der Waals surface area contributed by atoms with Crippen molar-refractivity contribution in [2.75, 3.05) is 6.61 Å². The minimum atomic E-state index is -0.460. The lowest BCUT2D eigenvalue weighted by molar-refractivity contribution is 0.0515. The van der Waals surface area contributed by atoms with Crippen molar-refractivity contribution in [3.63, 3.8) is 0 Å². The molecular formula is C12H11FN2O2S2. The van der Waals surface area contributed by atoms with Crippen LogP contribution in [0.5, 0.6) is 0 Å². The van der Waals surface area contributed by atoms with Crippen LogP contribution in [0.2, 0.25) is 0 Å². The van der Waals surface area contributed by atoms with Gasteiger partial charge >= 0.3 is 5.97 Å². The molecule has 0 spiro atoms. The highest BCUT2D eigenvalue weighted by molar-refractivity contribution is 8.00. The third-order valence-corrected chi connectivity index (χ3v) is 4.24. The largest absolute Gasteiger partial charge is 0.461 e. The number of hydrogen-bond acceptors (Lipinski definition) is 6. The minimum Gasteiger partial charge on any atom is -0.461 e. The van der Waals surface area contributed by atoms with Crippen LogP contribution < -0.4 is 0 Å². The van der Waals surface area contributed by atoms with Gasteiger partial charge in [-0.05, 0) is 36.2 Å². The van der Waals surface area contributed by atoms with Gasteiger partial charge in [0.25, 0.3) is 0 Å². The summed E-state index contributed by atoms with van der Waals surface area (Å²) >= 11 is 2.59. The number of carbonyl (C=O) groups is 1. The van der Waals surface area contributed by atoms with Gasteiger partial charge in [-0.1, -0.05) is 16.6 Å². The fraction of sp³-hybridized carbons (Fsp3) is 0.250. The first-order chi connectivity index (χ1) is 9.20. The van der Waals surface area contributed by atoms with Gasteiger partial charge < -0.3 is 4.74 Å². The molecular weight excluding hydrogens is 287 g/mol. The Morgan fingerprint density at radius 1 is 1.42 bits per heavy atom. The van der Waals surface area contributed by atoms with E-state index in [0.29, 0.717) is 16.6 Å². The molecule has 0 radical (unpaired) electrons. The molecule has 0 N–H and O–H groups in total. The first-order valence-corrected chi connectivity index (χ1v) is 7.33. The molecule has 0 aliphatic rings. The van der Waals surface area contributed by atoms with E-state index in [9.17, 15) is 9.18 Å². The fourth-order valence-electron chi connectivity index (χ4n) is 1.33. The fourth-order valence-corrected chi connectivity index (χ4v) is 2.98. The van der Waals surface area contributed by atoms with Crippen molar-refractivity contribution in [2.24, 2.45) is 0 Å². The van der Waals surface area contributed by atoms with Crippen molar-refractivity contribution in [3.05, 3.63) is 41.3 Å². The van der Waals surface area contributed by atoms with Crippen LogP contribution in [-0.2, 0) is 10.5 Å². The number of nitrogens with zero attached hydrogens (tertiary/aromatic N) is 2. The minimum absolute atomic E-state index is 0.249. The highest BCUT2D eigenvalue weighted by Gasteiger charge is 2.17. The Morgan fingerprint density at radius 2 is 2.16 bits per heavy atom. The Balaban J connectivity index is 2.02. The van der Waals surface area contributed by atoms with E-state index in [0.717, 1.165) is 17.1 Å². The summed E-state index contributed by atoms with van der Waals surface area (Å²) in [6.45, 7) is 2.04. The summed E-state index contributed by atoms with van der Waals surface area (Å²) in [7, 11) is 0. The van der Waals surface area contributed by atoms with Crippen LogP contribution in [-0.4, -0.2) is 22.2 Å². The predicted molar refractivity (Wildman–Crippen MR) is 71.8 cm³/mol. The number of rotatable bonds is 5. The predicted octanol–water partition coefficient (Wildman–Crippen LogP) is 3.15. The molecule has 7 heteroatoms. The lowest BCUT2D eigenvalue weighted by Crippen LogP contribution is -2.06. The number of halogens is 1. The Morgan fingerprint density at radius 3 is 2.84 bits per heavy atom. The van der Waals surface area contributed by atoms with Gasteiger partial charge in [0, 0.05) is 5.75 Å². The number of aromatic nitrogens is 2. The van der Waals surface area contributed by atoms with E-state index in [1.54, 1.807) is 19.1 Å². The summed E-state index contributed by atoms with van der Waals surface area (Å²) < 4.78 is 22.1. The maximum Gasteiger partial charge on any atom is 0.361 e. The van der Waals surface area contributed by atoms with Crippen LogP contribution in [0.25, 0.3) is 0 Å². The van der Waals surface area contributed by atoms with Crippen LogP contribution in [0.4, 0.5) is 4.39 Å². The quantitative estimate of drug-likeness (QED) is 0.627. The molecule has 4 nitrogen and oxygen atoms in total. The van der Waals surface area contributed by atoms with E-state index in [1.807, 2.05) is 0 Å². The van der Waals surface area contributed by atoms with E-state index >= 15 is 0 Å². The average molecular weight is 298 g/mol. The van der Waals surface area contributed by atoms with E-state index in [-0.39, 0.29) is 11.5 Å². The van der Waals surface area contributed by atoms with Gasteiger partial charge in [0.05, 0.1) is 6.61 Å². The highest BCUT2D eigenvalue weighted by atomic mass is 32.2. The van der Waals surface area contributed by atoms with E-state index in [2.05, 4.69) is 9.59 Å². The number of esters is 1. The summed E-state index contributed by atoms with van der Waals surface area (Å²) in [6, 6.07) is 6.24. The number of hydrogen-bond donors (Lipinski definition) is 0. The van der Waals surface area contributed by atoms with Crippen LogP contribution in [0.1, 0.15) is 23.0 Å². The zero-order valence-electron chi connectivity index (χ0n) is 10.1. The molecule has 0 aliphatic heterocycles. The van der Waals surface area contributed by atoms with Crippen molar-refractivity contribution < 1.29 is 13.9 Å². The molecule has 0 amide bonds. The van der Waals surface area contributed by atoms with Crippen molar-refractivity contribution >= 4 is 29.3 Å². The summed E-state index contributed by atoms with van der Waals surface area (Å²) in [5, 5.41) is 3.77. The lowest BCUT2D eigenvalue weighted by Gasteiger charge is -2.01. The number of benzene rings is 1. The van der Waals surface area contributed by atoms with Gasteiger partial charge in [0.15, 0.2) is 5.69 Å². The van der Waals surface area contributed by atoms with Crippen LogP contribution in [0, 0.1) is 5.82 Å². The smallest absolute Gasteiger partial charge is 0.361 e. The molecule has 0 saturated heterocycles. The van der Waals surface area contributed by atoms with Crippen LogP contribution >= 0.6 is 23.3 Å². The van der Waals surface area contributed by atoms with Crippen molar-refractivity contribution in [1.29, 1.82) is 0 Å². The molecule has 19 heavy (non-hydrogen) atoms. The molecule has 0 saturated carbocycles. The lowest BCUT2D eigenvalue weighted by atomic mass is 10.2. The Labute approximate surface area is 118 Å².